The Labute approximate surface area is 116 Å². The van der Waals surface area contributed by atoms with Gasteiger partial charge in [-0.05, 0) is 0 Å². The minimum absolute atomic E-state index is 0.0310. The highest BCUT2D eigenvalue weighted by molar-refractivity contribution is 6.05. The zero-order valence-corrected chi connectivity index (χ0v) is 11.2. The predicted molar refractivity (Wildman–Crippen MR) is 70.0 cm³/mol. The van der Waals surface area contributed by atoms with Gasteiger partial charge in [-0.25, -0.2) is 11.3 Å². The first-order valence-corrected chi connectivity index (χ1v) is 6.87. The summed E-state index contributed by atoms with van der Waals surface area (Å²) in [5.74, 6) is 5.05. The van der Waals surface area contributed by atoms with Crippen LogP contribution < -0.4 is 16.7 Å². The molecule has 2 unspecified atom stereocenters. The van der Waals surface area contributed by atoms with Crippen molar-refractivity contribution in [1.29, 1.82) is 0 Å². The summed E-state index contributed by atoms with van der Waals surface area (Å²) >= 11 is 0. The van der Waals surface area contributed by atoms with E-state index in [0.29, 0.717) is 12.8 Å². The lowest BCUT2D eigenvalue weighted by Gasteiger charge is -2.65. The molecular weight excluding hydrogens is 260 g/mol. The molecule has 0 aliphatic carbocycles. The first kappa shape index (κ1) is 12.2. The van der Waals surface area contributed by atoms with Crippen LogP contribution in [0.3, 0.4) is 0 Å². The minimum atomic E-state index is -0.314. The number of hydrazone groups is 1. The van der Waals surface area contributed by atoms with Crippen molar-refractivity contribution in [2.75, 3.05) is 32.8 Å². The highest BCUT2D eigenvalue weighted by atomic mass is 16.2. The van der Waals surface area contributed by atoms with Gasteiger partial charge in [-0.3, -0.25) is 24.8 Å². The van der Waals surface area contributed by atoms with Gasteiger partial charge in [0.1, 0.15) is 0 Å². The zero-order valence-electron chi connectivity index (χ0n) is 11.2. The van der Waals surface area contributed by atoms with Gasteiger partial charge in [0, 0.05) is 49.9 Å². The maximum Gasteiger partial charge on any atom is 0.241 e. The summed E-state index contributed by atoms with van der Waals surface area (Å²) in [6.07, 6.45) is 0.789. The quantitative estimate of drug-likeness (QED) is 0.303. The second kappa shape index (κ2) is 3.78. The van der Waals surface area contributed by atoms with E-state index in [-0.39, 0.29) is 22.6 Å². The molecule has 5 rings (SSSR count). The van der Waals surface area contributed by atoms with Crippen LogP contribution >= 0.6 is 0 Å². The Morgan fingerprint density at radius 2 is 2.05 bits per heavy atom. The number of hydrazine groups is 1. The molecule has 5 aliphatic heterocycles. The van der Waals surface area contributed by atoms with Gasteiger partial charge >= 0.3 is 0 Å². The molecule has 5 heterocycles. The normalized spacial score (nSPS) is 44.6. The van der Waals surface area contributed by atoms with E-state index in [4.69, 9.17) is 5.84 Å². The van der Waals surface area contributed by atoms with E-state index in [9.17, 15) is 9.59 Å². The van der Waals surface area contributed by atoms with E-state index in [1.165, 1.54) is 0 Å². The van der Waals surface area contributed by atoms with E-state index >= 15 is 0 Å². The largest absolute Gasteiger partial charge is 0.294 e. The highest BCUT2D eigenvalue weighted by Crippen LogP contribution is 2.51. The SMILES string of the molecule is NNC(=O)CC12CN3CN(C1)CC1(CC(=O)NN=C21)C3. The van der Waals surface area contributed by atoms with Crippen LogP contribution in [0.5, 0.6) is 0 Å². The molecule has 0 aromatic rings. The highest BCUT2D eigenvalue weighted by Gasteiger charge is 2.63. The molecule has 0 radical (unpaired) electrons. The van der Waals surface area contributed by atoms with Crippen LogP contribution in [0.1, 0.15) is 12.8 Å². The third-order valence-corrected chi connectivity index (χ3v) is 4.96. The van der Waals surface area contributed by atoms with Crippen LogP contribution in [-0.2, 0) is 9.59 Å². The van der Waals surface area contributed by atoms with Crippen molar-refractivity contribution in [2.24, 2.45) is 21.8 Å². The fraction of sp³-hybridized carbons (Fsp3) is 0.750. The fourth-order valence-electron chi connectivity index (χ4n) is 4.72. The van der Waals surface area contributed by atoms with Crippen LogP contribution in [0.4, 0.5) is 0 Å². The number of rotatable bonds is 2. The second-order valence-corrected chi connectivity index (χ2v) is 6.59. The van der Waals surface area contributed by atoms with Crippen molar-refractivity contribution >= 4 is 17.5 Å². The average Bonchev–Trinajstić information content (AvgIpc) is 2.35. The number of piperidine rings is 2. The molecule has 2 atom stereocenters. The first-order chi connectivity index (χ1) is 9.55. The molecule has 0 saturated carbocycles. The molecule has 0 aromatic carbocycles. The third kappa shape index (κ3) is 1.49. The smallest absolute Gasteiger partial charge is 0.241 e. The van der Waals surface area contributed by atoms with Gasteiger partial charge in [0.05, 0.1) is 12.4 Å². The van der Waals surface area contributed by atoms with E-state index in [1.807, 2.05) is 0 Å². The Hall–Kier alpha value is -1.51. The molecule has 20 heavy (non-hydrogen) atoms. The van der Waals surface area contributed by atoms with Gasteiger partial charge in [-0.1, -0.05) is 0 Å². The molecule has 4 bridgehead atoms. The number of hydrogen-bond acceptors (Lipinski definition) is 6. The summed E-state index contributed by atoms with van der Waals surface area (Å²) < 4.78 is 0. The Morgan fingerprint density at radius 3 is 2.70 bits per heavy atom. The minimum Gasteiger partial charge on any atom is -0.294 e. The molecule has 8 nitrogen and oxygen atoms in total. The first-order valence-electron chi connectivity index (χ1n) is 6.87. The van der Waals surface area contributed by atoms with Crippen molar-refractivity contribution in [2.45, 2.75) is 12.8 Å². The maximum atomic E-state index is 11.8. The monoisotopic (exact) mass is 278 g/mol. The molecule has 4 fully saturated rings. The molecule has 5 aliphatic rings. The van der Waals surface area contributed by atoms with Gasteiger partial charge in [-0.15, -0.1) is 0 Å². The number of nitrogens with zero attached hydrogens (tertiary/aromatic N) is 3. The van der Waals surface area contributed by atoms with Crippen molar-refractivity contribution in [3.05, 3.63) is 0 Å². The van der Waals surface area contributed by atoms with E-state index in [2.05, 4.69) is 25.8 Å². The molecule has 4 saturated heterocycles. The second-order valence-electron chi connectivity index (χ2n) is 6.59. The van der Waals surface area contributed by atoms with E-state index in [0.717, 1.165) is 38.6 Å². The van der Waals surface area contributed by atoms with Gasteiger partial charge in [0.15, 0.2) is 0 Å². The molecule has 108 valence electrons. The van der Waals surface area contributed by atoms with Crippen molar-refractivity contribution < 1.29 is 9.59 Å². The average molecular weight is 278 g/mol. The lowest BCUT2D eigenvalue weighted by molar-refractivity contribution is -0.136. The Balaban J connectivity index is 1.79. The summed E-state index contributed by atoms with van der Waals surface area (Å²) in [6, 6.07) is 0. The predicted octanol–water partition coefficient (Wildman–Crippen LogP) is -2.18. The lowest BCUT2D eigenvalue weighted by Crippen LogP contribution is -2.78. The number of hydrogen-bond donors (Lipinski definition) is 3. The van der Waals surface area contributed by atoms with Crippen molar-refractivity contribution in [1.82, 2.24) is 20.7 Å². The van der Waals surface area contributed by atoms with Crippen molar-refractivity contribution in [3.8, 4) is 0 Å². The van der Waals surface area contributed by atoms with Gasteiger partial charge in [0.25, 0.3) is 0 Å². The van der Waals surface area contributed by atoms with Crippen LogP contribution in [-0.4, -0.2) is 60.2 Å². The van der Waals surface area contributed by atoms with Crippen molar-refractivity contribution in [3.63, 3.8) is 0 Å². The summed E-state index contributed by atoms with van der Waals surface area (Å²) in [5.41, 5.74) is 5.29. The standard InChI is InChI=1S/C12H18N6O2/c13-14-8(19)1-11-3-17-5-12(6-18(4-11)7-17)2-9(20)15-16-10(11)12/h1-7,13H2,(H,14,19)(H,15,20). The van der Waals surface area contributed by atoms with Gasteiger partial charge < -0.3 is 0 Å². The summed E-state index contributed by atoms with van der Waals surface area (Å²) in [4.78, 5) is 28.2. The van der Waals surface area contributed by atoms with Crippen LogP contribution in [0.2, 0.25) is 0 Å². The van der Waals surface area contributed by atoms with Crippen LogP contribution in [0.25, 0.3) is 0 Å². The number of nitrogens with one attached hydrogen (secondary N) is 2. The molecular formula is C12H18N6O2. The summed E-state index contributed by atoms with van der Waals surface area (Å²) in [7, 11) is 0. The van der Waals surface area contributed by atoms with Gasteiger partial charge in [-0.2, -0.15) is 5.10 Å². The number of amides is 2. The zero-order chi connectivity index (χ0) is 14.0. The van der Waals surface area contributed by atoms with E-state index in [1.54, 1.807) is 0 Å². The molecule has 4 N–H and O–H groups in total. The van der Waals surface area contributed by atoms with Gasteiger partial charge in [0.2, 0.25) is 11.8 Å². The fourth-order valence-corrected chi connectivity index (χ4v) is 4.72. The Bertz CT molecular complexity index is 516. The van der Waals surface area contributed by atoms with E-state index < -0.39 is 0 Å². The molecule has 0 aromatic heterocycles. The number of carbonyl (C=O) groups excluding carboxylic acids is 2. The van der Waals surface area contributed by atoms with Crippen LogP contribution in [0, 0.1) is 10.8 Å². The number of nitrogens with two attached hydrogens (primary N) is 1. The third-order valence-electron chi connectivity index (χ3n) is 4.96. The lowest BCUT2D eigenvalue weighted by atomic mass is 9.57. The molecule has 2 amide bonds. The Morgan fingerprint density at radius 1 is 1.35 bits per heavy atom. The Kier molecular flexibility index (Phi) is 2.31. The molecule has 8 heteroatoms. The van der Waals surface area contributed by atoms with Crippen LogP contribution in [0.15, 0.2) is 5.10 Å². The summed E-state index contributed by atoms with van der Waals surface area (Å²) in [6.45, 7) is 4.27. The number of carbonyl (C=O) groups is 2. The topological polar surface area (TPSA) is 103 Å². The maximum absolute atomic E-state index is 11.8. The summed E-state index contributed by atoms with van der Waals surface area (Å²) in [5, 5.41) is 4.37. The molecule has 1 spiro atoms.